The molecule has 0 aromatic heterocycles. The smallest absolute Gasteiger partial charge is 0.270 e. The third-order valence-corrected chi connectivity index (χ3v) is 6.89. The Balaban J connectivity index is 0.000000594. The Hall–Kier alpha value is -2.73. The molecule has 2 aromatic carbocycles. The van der Waals surface area contributed by atoms with Gasteiger partial charge in [0.2, 0.25) is 10.0 Å². The molecule has 0 saturated carbocycles. The number of nitrogens with one attached hydrogen (secondary N) is 1. The fourth-order valence-corrected chi connectivity index (χ4v) is 4.11. The maximum atomic E-state index is 11.8. The summed E-state index contributed by atoms with van der Waals surface area (Å²) in [6.45, 7) is 2.54. The average molecular weight is 583 g/mol. The number of nitro groups is 2. The van der Waals surface area contributed by atoms with Gasteiger partial charge in [0.15, 0.2) is 0 Å². The van der Waals surface area contributed by atoms with Crippen LogP contribution in [0.3, 0.4) is 0 Å². The van der Waals surface area contributed by atoms with E-state index in [1.165, 1.54) is 36.4 Å². The van der Waals surface area contributed by atoms with Gasteiger partial charge in [-0.2, -0.15) is 0 Å². The molecule has 0 radical (unpaired) electrons. The van der Waals surface area contributed by atoms with Crippen LogP contribution in [0.2, 0.25) is 0 Å². The van der Waals surface area contributed by atoms with Crippen LogP contribution >= 0.6 is 10.7 Å². The second-order valence-electron chi connectivity index (χ2n) is 7.74. The van der Waals surface area contributed by atoms with Gasteiger partial charge in [0.25, 0.3) is 20.4 Å². The molecule has 0 heterocycles. The summed E-state index contributed by atoms with van der Waals surface area (Å²) >= 11 is 0. The molecule has 17 heteroatoms. The molecule has 0 bridgehead atoms. The van der Waals surface area contributed by atoms with Gasteiger partial charge in [0.1, 0.15) is 0 Å². The summed E-state index contributed by atoms with van der Waals surface area (Å²) in [5, 5.41) is 20.8. The molecule has 0 aliphatic rings. The van der Waals surface area contributed by atoms with Crippen LogP contribution in [-0.2, 0) is 19.1 Å². The van der Waals surface area contributed by atoms with E-state index in [-0.39, 0.29) is 27.7 Å². The summed E-state index contributed by atoms with van der Waals surface area (Å²) < 4.78 is 47.6. The molecule has 0 atom stereocenters. The van der Waals surface area contributed by atoms with Crippen molar-refractivity contribution in [1.82, 2.24) is 14.5 Å². The van der Waals surface area contributed by atoms with E-state index in [0.717, 1.165) is 25.2 Å². The number of hydrogen-bond acceptors (Lipinski definition) is 11. The minimum Gasteiger partial charge on any atom is -0.329 e. The van der Waals surface area contributed by atoms with Gasteiger partial charge >= 0.3 is 0 Å². The number of likely N-dealkylation sites (N-methyl/N-ethyl adjacent to an activating group) is 2. The highest BCUT2D eigenvalue weighted by Gasteiger charge is 2.17. The van der Waals surface area contributed by atoms with Crippen molar-refractivity contribution in [3.05, 3.63) is 68.8 Å². The summed E-state index contributed by atoms with van der Waals surface area (Å²) in [6.07, 6.45) is 0. The van der Waals surface area contributed by atoms with Crippen molar-refractivity contribution in [3.8, 4) is 0 Å². The number of rotatable bonds is 10. The Labute approximate surface area is 220 Å². The average Bonchev–Trinajstić information content (AvgIpc) is 2.79. The lowest BCUT2D eigenvalue weighted by Gasteiger charge is -2.10. The molecule has 208 valence electrons. The first-order valence-electron chi connectivity index (χ1n) is 10.4. The van der Waals surface area contributed by atoms with Gasteiger partial charge in [-0.25, -0.2) is 21.6 Å². The molecule has 14 nitrogen and oxygen atoms in total. The van der Waals surface area contributed by atoms with E-state index in [0.29, 0.717) is 6.54 Å². The summed E-state index contributed by atoms with van der Waals surface area (Å²) in [4.78, 5) is 23.0. The summed E-state index contributed by atoms with van der Waals surface area (Å²) in [5.41, 5.74) is 4.64. The first-order chi connectivity index (χ1) is 17.0. The molecule has 0 unspecified atom stereocenters. The fourth-order valence-electron chi connectivity index (χ4n) is 2.26. The second-order valence-corrected chi connectivity index (χ2v) is 12.1. The first kappa shape index (κ1) is 34.3. The highest BCUT2D eigenvalue weighted by molar-refractivity contribution is 8.13. The zero-order valence-electron chi connectivity index (χ0n) is 20.8. The van der Waals surface area contributed by atoms with Gasteiger partial charge in [0.05, 0.1) is 19.6 Å². The fraction of sp³-hybridized carbons (Fsp3) is 0.400. The quantitative estimate of drug-likeness (QED) is 0.233. The van der Waals surface area contributed by atoms with Crippen molar-refractivity contribution < 1.29 is 26.7 Å². The molecule has 0 fully saturated rings. The summed E-state index contributed by atoms with van der Waals surface area (Å²) in [5.74, 6) is 0. The standard InChI is InChI=1S/C10H15N3O4S.C6H4ClNO4S.C4H12N2/c1-12(2)7-6-11-18(16,17)10-5-3-4-9(8-10)13(14)15;7-13(11,12)6-3-1-2-5(4-6)8(9)10;1-6(2)4-3-5/h3-5,8,11H,6-7H2,1-2H3;1-4H;3-5H2,1-2H3. The molecule has 0 aliphatic carbocycles. The number of nitrogens with zero attached hydrogens (tertiary/aromatic N) is 4. The maximum Gasteiger partial charge on any atom is 0.270 e. The Morgan fingerprint density at radius 1 is 0.838 bits per heavy atom. The molecule has 0 amide bonds. The van der Waals surface area contributed by atoms with E-state index in [4.69, 9.17) is 16.4 Å². The molecule has 37 heavy (non-hydrogen) atoms. The van der Waals surface area contributed by atoms with Crippen molar-refractivity contribution in [2.24, 2.45) is 5.73 Å². The lowest BCUT2D eigenvalue weighted by atomic mass is 10.3. The number of non-ortho nitro benzene ring substituents is 2. The lowest BCUT2D eigenvalue weighted by Crippen LogP contribution is -2.31. The number of sulfonamides is 1. The van der Waals surface area contributed by atoms with E-state index >= 15 is 0 Å². The molecule has 3 N–H and O–H groups in total. The second kappa shape index (κ2) is 16.2. The van der Waals surface area contributed by atoms with Crippen molar-refractivity contribution >= 4 is 41.1 Å². The van der Waals surface area contributed by atoms with Crippen LogP contribution < -0.4 is 10.5 Å². The van der Waals surface area contributed by atoms with Crippen LogP contribution in [0.15, 0.2) is 58.3 Å². The number of hydrogen-bond donors (Lipinski definition) is 2. The highest BCUT2D eigenvalue weighted by atomic mass is 35.7. The Bertz CT molecular complexity index is 1240. The number of halogens is 1. The van der Waals surface area contributed by atoms with E-state index in [1.54, 1.807) is 0 Å². The van der Waals surface area contributed by atoms with Crippen molar-refractivity contribution in [2.45, 2.75) is 9.79 Å². The number of benzene rings is 2. The lowest BCUT2D eigenvalue weighted by molar-refractivity contribution is -0.385. The largest absolute Gasteiger partial charge is 0.329 e. The van der Waals surface area contributed by atoms with Gasteiger partial charge in [-0.3, -0.25) is 20.2 Å². The maximum absolute atomic E-state index is 11.8. The van der Waals surface area contributed by atoms with Crippen LogP contribution in [-0.4, -0.2) is 90.9 Å². The summed E-state index contributed by atoms with van der Waals surface area (Å²) in [7, 11) is 5.06. The molecule has 2 aromatic rings. The topological polar surface area (TPSA) is 199 Å². The van der Waals surface area contributed by atoms with E-state index in [9.17, 15) is 37.1 Å². The molecule has 2 rings (SSSR count). The number of nitro benzene ring substituents is 2. The van der Waals surface area contributed by atoms with Crippen LogP contribution in [0.1, 0.15) is 0 Å². The SMILES string of the molecule is CN(C)CCN.CN(C)CCNS(=O)(=O)c1cccc([N+](=O)[O-])c1.O=[N+]([O-])c1cccc(S(=O)(=O)Cl)c1. The van der Waals surface area contributed by atoms with Gasteiger partial charge in [0, 0.05) is 61.1 Å². The molecule has 0 saturated heterocycles. The van der Waals surface area contributed by atoms with Crippen LogP contribution in [0, 0.1) is 20.2 Å². The van der Waals surface area contributed by atoms with Gasteiger partial charge < -0.3 is 15.5 Å². The van der Waals surface area contributed by atoms with Crippen LogP contribution in [0.4, 0.5) is 11.4 Å². The van der Waals surface area contributed by atoms with Crippen molar-refractivity contribution in [1.29, 1.82) is 0 Å². The zero-order valence-corrected chi connectivity index (χ0v) is 23.2. The van der Waals surface area contributed by atoms with E-state index in [2.05, 4.69) is 9.62 Å². The molecular weight excluding hydrogens is 552 g/mol. The molecule has 0 aliphatic heterocycles. The predicted molar refractivity (Wildman–Crippen MR) is 141 cm³/mol. The third kappa shape index (κ3) is 14.6. The minimum absolute atomic E-state index is 0.101. The molecule has 0 spiro atoms. The first-order valence-corrected chi connectivity index (χ1v) is 14.2. The Kier molecular flexibility index (Phi) is 15.0. The monoisotopic (exact) mass is 582 g/mol. The van der Waals surface area contributed by atoms with E-state index in [1.807, 2.05) is 33.1 Å². The van der Waals surface area contributed by atoms with Crippen LogP contribution in [0.5, 0.6) is 0 Å². The predicted octanol–water partition coefficient (Wildman–Crippen LogP) is 1.46. The third-order valence-electron chi connectivity index (χ3n) is 4.08. The molecular formula is C20H31ClN6O8S2. The zero-order chi connectivity index (χ0) is 28.8. The van der Waals surface area contributed by atoms with E-state index < -0.39 is 28.9 Å². The number of nitrogens with two attached hydrogens (primary N) is 1. The van der Waals surface area contributed by atoms with Crippen molar-refractivity contribution in [2.75, 3.05) is 54.4 Å². The highest BCUT2D eigenvalue weighted by Crippen LogP contribution is 2.20. The van der Waals surface area contributed by atoms with Gasteiger partial charge in [-0.05, 0) is 40.3 Å². The van der Waals surface area contributed by atoms with Gasteiger partial charge in [-0.1, -0.05) is 12.1 Å². The minimum atomic E-state index is -3.89. The normalized spacial score (nSPS) is 11.2. The Morgan fingerprint density at radius 3 is 1.62 bits per heavy atom. The van der Waals surface area contributed by atoms with Crippen molar-refractivity contribution in [3.63, 3.8) is 0 Å². The van der Waals surface area contributed by atoms with Gasteiger partial charge in [-0.15, -0.1) is 0 Å². The summed E-state index contributed by atoms with van der Waals surface area (Å²) in [6, 6.07) is 9.50. The Morgan fingerprint density at radius 2 is 1.27 bits per heavy atom. The van der Waals surface area contributed by atoms with Crippen LogP contribution in [0.25, 0.3) is 0 Å².